The highest BCUT2D eigenvalue weighted by Gasteiger charge is 2.21. The summed E-state index contributed by atoms with van der Waals surface area (Å²) in [5.41, 5.74) is 3.74. The van der Waals surface area contributed by atoms with E-state index in [9.17, 15) is 10.1 Å². The third kappa shape index (κ3) is 1.60. The van der Waals surface area contributed by atoms with Crippen molar-refractivity contribution in [2.75, 3.05) is 0 Å². The van der Waals surface area contributed by atoms with Crippen molar-refractivity contribution in [3.8, 4) is 0 Å². The molecule has 4 nitrogen and oxygen atoms in total. The van der Waals surface area contributed by atoms with Crippen LogP contribution in [0.2, 0.25) is 0 Å². The molecule has 4 heteroatoms. The number of H-pyrrole nitrogens is 1. The van der Waals surface area contributed by atoms with E-state index in [2.05, 4.69) is 11.9 Å². The Morgan fingerprint density at radius 2 is 2.29 bits per heavy atom. The Hall–Kier alpha value is -1.84. The van der Waals surface area contributed by atoms with Gasteiger partial charge in [-0.3, -0.25) is 10.1 Å². The lowest BCUT2D eigenvalue weighted by molar-refractivity contribution is -0.384. The molecule has 3 rings (SSSR count). The summed E-state index contributed by atoms with van der Waals surface area (Å²) in [4.78, 5) is 13.8. The second-order valence-corrected chi connectivity index (χ2v) is 4.92. The van der Waals surface area contributed by atoms with Crippen LogP contribution in [0.5, 0.6) is 0 Å². The molecule has 0 fully saturated rings. The topological polar surface area (TPSA) is 58.9 Å². The molecule has 1 heterocycles. The minimum atomic E-state index is -0.328. The molecule has 0 saturated carbocycles. The van der Waals surface area contributed by atoms with Gasteiger partial charge in [0, 0.05) is 28.7 Å². The Bertz CT molecular complexity index is 601. The average Bonchev–Trinajstić information content (AvgIpc) is 2.66. The van der Waals surface area contributed by atoms with Gasteiger partial charge in [-0.15, -0.1) is 0 Å². The zero-order chi connectivity index (χ0) is 12.0. The second kappa shape index (κ2) is 3.58. The first-order valence-corrected chi connectivity index (χ1v) is 5.93. The zero-order valence-corrected chi connectivity index (χ0v) is 9.69. The van der Waals surface area contributed by atoms with E-state index in [0.717, 1.165) is 23.7 Å². The number of aromatic nitrogens is 1. The quantitative estimate of drug-likeness (QED) is 0.604. The van der Waals surface area contributed by atoms with Gasteiger partial charge in [-0.1, -0.05) is 6.92 Å². The zero-order valence-electron chi connectivity index (χ0n) is 9.69. The van der Waals surface area contributed by atoms with Crippen molar-refractivity contribution in [2.45, 2.75) is 26.2 Å². The maximum absolute atomic E-state index is 10.8. The van der Waals surface area contributed by atoms with Gasteiger partial charge in [-0.2, -0.15) is 0 Å². The maximum Gasteiger partial charge on any atom is 0.270 e. The van der Waals surface area contributed by atoms with Gasteiger partial charge in [0.25, 0.3) is 5.69 Å². The highest BCUT2D eigenvalue weighted by Crippen LogP contribution is 2.33. The molecule has 2 aromatic rings. The maximum atomic E-state index is 10.8. The van der Waals surface area contributed by atoms with Crippen LogP contribution in [-0.2, 0) is 12.8 Å². The Morgan fingerprint density at radius 1 is 1.47 bits per heavy atom. The van der Waals surface area contributed by atoms with Crippen LogP contribution in [0.25, 0.3) is 10.9 Å². The van der Waals surface area contributed by atoms with E-state index in [1.807, 2.05) is 6.07 Å². The predicted octanol–water partition coefficient (Wildman–Crippen LogP) is 3.20. The van der Waals surface area contributed by atoms with E-state index < -0.39 is 0 Å². The summed E-state index contributed by atoms with van der Waals surface area (Å²) >= 11 is 0. The molecule has 1 N–H and O–H groups in total. The first-order valence-electron chi connectivity index (χ1n) is 5.93. The molecule has 17 heavy (non-hydrogen) atoms. The molecular weight excluding hydrogens is 216 g/mol. The summed E-state index contributed by atoms with van der Waals surface area (Å²) in [6, 6.07) is 5.08. The third-order valence-corrected chi connectivity index (χ3v) is 3.63. The molecule has 0 bridgehead atoms. The predicted molar refractivity (Wildman–Crippen MR) is 66.1 cm³/mol. The van der Waals surface area contributed by atoms with Crippen molar-refractivity contribution in [3.63, 3.8) is 0 Å². The number of aromatic amines is 1. The number of rotatable bonds is 1. The van der Waals surface area contributed by atoms with E-state index in [0.29, 0.717) is 5.92 Å². The van der Waals surface area contributed by atoms with Crippen LogP contribution >= 0.6 is 0 Å². The molecular formula is C13H14N2O2. The van der Waals surface area contributed by atoms with Crippen LogP contribution in [0.3, 0.4) is 0 Å². The van der Waals surface area contributed by atoms with Gasteiger partial charge in [0.2, 0.25) is 0 Å². The van der Waals surface area contributed by atoms with Crippen LogP contribution in [0.1, 0.15) is 24.6 Å². The number of hydrogen-bond acceptors (Lipinski definition) is 2. The summed E-state index contributed by atoms with van der Waals surface area (Å²) in [6.07, 6.45) is 3.28. The fourth-order valence-electron chi connectivity index (χ4n) is 2.69. The molecule has 1 aliphatic rings. The van der Waals surface area contributed by atoms with E-state index in [-0.39, 0.29) is 10.6 Å². The molecule has 0 radical (unpaired) electrons. The van der Waals surface area contributed by atoms with Crippen molar-refractivity contribution < 1.29 is 4.92 Å². The van der Waals surface area contributed by atoms with Gasteiger partial charge in [0.1, 0.15) is 0 Å². The smallest absolute Gasteiger partial charge is 0.270 e. The lowest BCUT2D eigenvalue weighted by atomic mass is 9.88. The summed E-state index contributed by atoms with van der Waals surface area (Å²) in [5.74, 6) is 0.667. The Kier molecular flexibility index (Phi) is 2.18. The summed E-state index contributed by atoms with van der Waals surface area (Å²) in [5, 5.41) is 11.8. The monoisotopic (exact) mass is 230 g/mol. The number of benzene rings is 1. The van der Waals surface area contributed by atoms with Crippen LogP contribution < -0.4 is 0 Å². The van der Waals surface area contributed by atoms with Crippen molar-refractivity contribution in [2.24, 2.45) is 5.92 Å². The van der Waals surface area contributed by atoms with E-state index in [4.69, 9.17) is 0 Å². The molecule has 1 aromatic carbocycles. The van der Waals surface area contributed by atoms with Crippen LogP contribution in [0, 0.1) is 16.0 Å². The van der Waals surface area contributed by atoms with Gasteiger partial charge < -0.3 is 4.98 Å². The Labute approximate surface area is 98.8 Å². The minimum absolute atomic E-state index is 0.178. The molecule has 0 aliphatic heterocycles. The largest absolute Gasteiger partial charge is 0.358 e. The first-order chi connectivity index (χ1) is 8.15. The van der Waals surface area contributed by atoms with Crippen LogP contribution in [0.15, 0.2) is 18.2 Å². The number of aryl methyl sites for hydroxylation is 1. The van der Waals surface area contributed by atoms with Gasteiger partial charge in [0.05, 0.1) is 4.92 Å². The molecule has 1 unspecified atom stereocenters. The van der Waals surface area contributed by atoms with Gasteiger partial charge >= 0.3 is 0 Å². The van der Waals surface area contributed by atoms with Gasteiger partial charge in [-0.25, -0.2) is 0 Å². The number of non-ortho nitro benzene ring substituents is 1. The number of fused-ring (bicyclic) bond motifs is 3. The van der Waals surface area contributed by atoms with E-state index >= 15 is 0 Å². The Balaban J connectivity index is 2.21. The molecule has 88 valence electrons. The number of nitro groups is 1. The minimum Gasteiger partial charge on any atom is -0.358 e. The summed E-state index contributed by atoms with van der Waals surface area (Å²) in [7, 11) is 0. The Morgan fingerprint density at radius 3 is 3.06 bits per heavy atom. The van der Waals surface area contributed by atoms with Gasteiger partial charge in [-0.05, 0) is 36.8 Å². The van der Waals surface area contributed by atoms with Crippen LogP contribution in [0.4, 0.5) is 5.69 Å². The molecule has 0 saturated heterocycles. The normalized spacial score (nSPS) is 19.2. The molecule has 0 amide bonds. The summed E-state index contributed by atoms with van der Waals surface area (Å²) < 4.78 is 0. The number of hydrogen-bond donors (Lipinski definition) is 1. The molecule has 0 spiro atoms. The standard InChI is InChI=1S/C13H14N2O2/c1-8-2-4-12-10(6-8)11-7-9(15(16)17)3-5-13(11)14-12/h3,5,7-8,14H,2,4,6H2,1H3. The van der Waals surface area contributed by atoms with Crippen LogP contribution in [-0.4, -0.2) is 9.91 Å². The lowest BCUT2D eigenvalue weighted by Gasteiger charge is -2.17. The van der Waals surface area contributed by atoms with Crippen molar-refractivity contribution in [1.82, 2.24) is 4.98 Å². The van der Waals surface area contributed by atoms with E-state index in [1.165, 1.54) is 17.7 Å². The van der Waals surface area contributed by atoms with Crippen molar-refractivity contribution in [3.05, 3.63) is 39.6 Å². The summed E-state index contributed by atoms with van der Waals surface area (Å²) in [6.45, 7) is 2.24. The average molecular weight is 230 g/mol. The second-order valence-electron chi connectivity index (χ2n) is 4.92. The lowest BCUT2D eigenvalue weighted by Crippen LogP contribution is -2.09. The van der Waals surface area contributed by atoms with Crippen molar-refractivity contribution >= 4 is 16.6 Å². The third-order valence-electron chi connectivity index (χ3n) is 3.63. The first kappa shape index (κ1) is 10.3. The van der Waals surface area contributed by atoms with Gasteiger partial charge in [0.15, 0.2) is 0 Å². The highest BCUT2D eigenvalue weighted by molar-refractivity contribution is 5.87. The SMILES string of the molecule is CC1CCc2[nH]c3ccc([N+](=O)[O-])cc3c2C1. The molecule has 1 aliphatic carbocycles. The molecule has 1 aromatic heterocycles. The number of nitrogens with zero attached hydrogens (tertiary/aromatic N) is 1. The van der Waals surface area contributed by atoms with Crippen molar-refractivity contribution in [1.29, 1.82) is 0 Å². The number of nitrogens with one attached hydrogen (secondary N) is 1. The highest BCUT2D eigenvalue weighted by atomic mass is 16.6. The fourth-order valence-corrected chi connectivity index (χ4v) is 2.69. The molecule has 1 atom stereocenters. The van der Waals surface area contributed by atoms with E-state index in [1.54, 1.807) is 12.1 Å². The number of nitro benzene ring substituents is 1. The fraction of sp³-hybridized carbons (Fsp3) is 0.385.